The van der Waals surface area contributed by atoms with Gasteiger partial charge in [0.1, 0.15) is 0 Å². The maximum absolute atomic E-state index is 11.6. The number of hydrogen-bond acceptors (Lipinski definition) is 3. The van der Waals surface area contributed by atoms with Crippen molar-refractivity contribution in [2.45, 2.75) is 26.7 Å². The van der Waals surface area contributed by atoms with Crippen LogP contribution in [0.4, 0.5) is 0 Å². The Kier molecular flexibility index (Phi) is 6.89. The van der Waals surface area contributed by atoms with Crippen LogP contribution >= 0.6 is 11.3 Å². The molecule has 0 spiro atoms. The monoisotopic (exact) mass is 254 g/mol. The molecule has 1 aromatic rings. The summed E-state index contributed by atoms with van der Waals surface area (Å²) in [4.78, 5) is 13.9. The van der Waals surface area contributed by atoms with E-state index >= 15 is 0 Å². The molecule has 1 heterocycles. The largest absolute Gasteiger partial charge is 0.355 e. The van der Waals surface area contributed by atoms with E-state index in [1.807, 2.05) is 5.38 Å². The molecule has 0 saturated carbocycles. The van der Waals surface area contributed by atoms with E-state index in [-0.39, 0.29) is 5.91 Å². The molecule has 17 heavy (non-hydrogen) atoms. The molecular formula is C13H22N2OS. The second kappa shape index (κ2) is 8.25. The first kappa shape index (κ1) is 14.2. The Hall–Kier alpha value is -0.870. The van der Waals surface area contributed by atoms with Gasteiger partial charge in [0.05, 0.1) is 0 Å². The predicted molar refractivity (Wildman–Crippen MR) is 73.4 cm³/mol. The van der Waals surface area contributed by atoms with Gasteiger partial charge in [-0.05, 0) is 41.9 Å². The van der Waals surface area contributed by atoms with Crippen LogP contribution in [-0.4, -0.2) is 37.0 Å². The number of hydrogen-bond donors (Lipinski definition) is 1. The first-order valence-electron chi connectivity index (χ1n) is 6.26. The minimum atomic E-state index is 0.156. The number of nitrogens with one attached hydrogen (secondary N) is 1. The molecule has 0 aliphatic carbocycles. The average Bonchev–Trinajstić information content (AvgIpc) is 2.85. The van der Waals surface area contributed by atoms with E-state index in [4.69, 9.17) is 0 Å². The zero-order valence-electron chi connectivity index (χ0n) is 10.7. The van der Waals surface area contributed by atoms with Crippen molar-refractivity contribution in [3.8, 4) is 0 Å². The van der Waals surface area contributed by atoms with E-state index in [0.717, 1.165) is 32.6 Å². The fourth-order valence-electron chi connectivity index (χ4n) is 1.67. The lowest BCUT2D eigenvalue weighted by atomic mass is 10.2. The van der Waals surface area contributed by atoms with E-state index in [9.17, 15) is 4.79 Å². The van der Waals surface area contributed by atoms with Crippen molar-refractivity contribution in [3.63, 3.8) is 0 Å². The highest BCUT2D eigenvalue weighted by Crippen LogP contribution is 2.07. The van der Waals surface area contributed by atoms with Crippen molar-refractivity contribution in [1.29, 1.82) is 0 Å². The van der Waals surface area contributed by atoms with Gasteiger partial charge in [-0.15, -0.1) is 0 Å². The first-order chi connectivity index (χ1) is 8.26. The standard InChI is InChI=1S/C13H22N2OS/c1-3-15(4-2)9-8-14-13(16)6-5-12-7-10-17-11-12/h7,10-11H,3-6,8-9H2,1-2H3,(H,14,16). The maximum Gasteiger partial charge on any atom is 0.220 e. The smallest absolute Gasteiger partial charge is 0.220 e. The molecule has 1 N–H and O–H groups in total. The molecule has 0 unspecified atom stereocenters. The van der Waals surface area contributed by atoms with Crippen LogP contribution < -0.4 is 5.32 Å². The molecule has 0 aromatic carbocycles. The third-order valence-corrected chi connectivity index (χ3v) is 3.60. The van der Waals surface area contributed by atoms with Crippen molar-refractivity contribution in [2.75, 3.05) is 26.2 Å². The lowest BCUT2D eigenvalue weighted by Gasteiger charge is -2.17. The van der Waals surface area contributed by atoms with Crippen LogP contribution in [0.3, 0.4) is 0 Å². The third-order valence-electron chi connectivity index (χ3n) is 2.87. The van der Waals surface area contributed by atoms with Crippen LogP contribution in [0.15, 0.2) is 16.8 Å². The number of aryl methyl sites for hydroxylation is 1. The Morgan fingerprint density at radius 1 is 1.41 bits per heavy atom. The van der Waals surface area contributed by atoms with Crippen molar-refractivity contribution in [2.24, 2.45) is 0 Å². The molecule has 96 valence electrons. The first-order valence-corrected chi connectivity index (χ1v) is 7.20. The summed E-state index contributed by atoms with van der Waals surface area (Å²) >= 11 is 1.68. The topological polar surface area (TPSA) is 32.3 Å². The summed E-state index contributed by atoms with van der Waals surface area (Å²) in [5.41, 5.74) is 1.26. The number of nitrogens with zero attached hydrogens (tertiary/aromatic N) is 1. The lowest BCUT2D eigenvalue weighted by molar-refractivity contribution is -0.121. The van der Waals surface area contributed by atoms with E-state index in [1.54, 1.807) is 11.3 Å². The fraction of sp³-hybridized carbons (Fsp3) is 0.615. The summed E-state index contributed by atoms with van der Waals surface area (Å²) in [6.07, 6.45) is 1.44. The van der Waals surface area contributed by atoms with Crippen molar-refractivity contribution >= 4 is 17.2 Å². The van der Waals surface area contributed by atoms with Crippen molar-refractivity contribution in [1.82, 2.24) is 10.2 Å². The molecule has 1 amide bonds. The maximum atomic E-state index is 11.6. The summed E-state index contributed by atoms with van der Waals surface area (Å²) in [6, 6.07) is 2.08. The Morgan fingerprint density at radius 2 is 2.18 bits per heavy atom. The van der Waals surface area contributed by atoms with Gasteiger partial charge in [-0.25, -0.2) is 0 Å². The van der Waals surface area contributed by atoms with E-state index in [2.05, 4.69) is 35.5 Å². The summed E-state index contributed by atoms with van der Waals surface area (Å²) < 4.78 is 0. The predicted octanol–water partition coefficient (Wildman–Crippen LogP) is 2.14. The molecule has 0 saturated heterocycles. The Balaban J connectivity index is 2.09. The second-order valence-corrected chi connectivity index (χ2v) is 4.79. The normalized spacial score (nSPS) is 10.8. The molecule has 1 rings (SSSR count). The van der Waals surface area contributed by atoms with Gasteiger partial charge in [0.25, 0.3) is 0 Å². The SMILES string of the molecule is CCN(CC)CCNC(=O)CCc1ccsc1. The van der Waals surface area contributed by atoms with E-state index in [0.29, 0.717) is 6.42 Å². The van der Waals surface area contributed by atoms with Crippen LogP contribution in [0.5, 0.6) is 0 Å². The van der Waals surface area contributed by atoms with Gasteiger partial charge >= 0.3 is 0 Å². The molecule has 0 aliphatic heterocycles. The van der Waals surface area contributed by atoms with Gasteiger partial charge in [-0.1, -0.05) is 13.8 Å². The molecule has 0 radical (unpaired) electrons. The zero-order valence-corrected chi connectivity index (χ0v) is 11.6. The second-order valence-electron chi connectivity index (χ2n) is 4.01. The average molecular weight is 254 g/mol. The van der Waals surface area contributed by atoms with Crippen LogP contribution in [0.25, 0.3) is 0 Å². The quantitative estimate of drug-likeness (QED) is 0.771. The van der Waals surface area contributed by atoms with Gasteiger partial charge in [0.15, 0.2) is 0 Å². The highest BCUT2D eigenvalue weighted by molar-refractivity contribution is 7.07. The van der Waals surface area contributed by atoms with Gasteiger partial charge in [-0.3, -0.25) is 4.79 Å². The summed E-state index contributed by atoms with van der Waals surface area (Å²) in [5.74, 6) is 0.156. The zero-order chi connectivity index (χ0) is 12.5. The highest BCUT2D eigenvalue weighted by Gasteiger charge is 2.03. The number of carbonyl (C=O) groups excluding carboxylic acids is 1. The summed E-state index contributed by atoms with van der Waals surface area (Å²) in [6.45, 7) is 8.06. The Labute approximate surface area is 108 Å². The molecule has 1 aromatic heterocycles. The molecular weight excluding hydrogens is 232 g/mol. The van der Waals surface area contributed by atoms with E-state index in [1.165, 1.54) is 5.56 Å². The lowest BCUT2D eigenvalue weighted by Crippen LogP contribution is -2.34. The third kappa shape index (κ3) is 5.84. The molecule has 3 nitrogen and oxygen atoms in total. The van der Waals surface area contributed by atoms with Crippen LogP contribution in [-0.2, 0) is 11.2 Å². The van der Waals surface area contributed by atoms with Crippen molar-refractivity contribution < 1.29 is 4.79 Å². The van der Waals surface area contributed by atoms with Gasteiger partial charge in [-0.2, -0.15) is 11.3 Å². The number of amides is 1. The Morgan fingerprint density at radius 3 is 2.76 bits per heavy atom. The highest BCUT2D eigenvalue weighted by atomic mass is 32.1. The number of carbonyl (C=O) groups is 1. The van der Waals surface area contributed by atoms with Crippen LogP contribution in [0, 0.1) is 0 Å². The number of likely N-dealkylation sites (N-methyl/N-ethyl adjacent to an activating group) is 1. The molecule has 4 heteroatoms. The molecule has 0 fully saturated rings. The van der Waals surface area contributed by atoms with E-state index < -0.39 is 0 Å². The van der Waals surface area contributed by atoms with Gasteiger partial charge in [0.2, 0.25) is 5.91 Å². The van der Waals surface area contributed by atoms with Gasteiger partial charge in [0, 0.05) is 19.5 Å². The number of rotatable bonds is 8. The van der Waals surface area contributed by atoms with Crippen LogP contribution in [0.2, 0.25) is 0 Å². The fourth-order valence-corrected chi connectivity index (χ4v) is 2.38. The molecule has 0 aliphatic rings. The minimum absolute atomic E-state index is 0.156. The van der Waals surface area contributed by atoms with Gasteiger partial charge < -0.3 is 10.2 Å². The summed E-state index contributed by atoms with van der Waals surface area (Å²) in [5, 5.41) is 7.12. The van der Waals surface area contributed by atoms with Crippen molar-refractivity contribution in [3.05, 3.63) is 22.4 Å². The summed E-state index contributed by atoms with van der Waals surface area (Å²) in [7, 11) is 0. The van der Waals surface area contributed by atoms with Crippen LogP contribution in [0.1, 0.15) is 25.8 Å². The molecule has 0 atom stereocenters. The Bertz CT molecular complexity index is 307. The number of thiophene rings is 1. The molecule has 0 bridgehead atoms. The minimum Gasteiger partial charge on any atom is -0.355 e.